The van der Waals surface area contributed by atoms with Crippen LogP contribution in [0.2, 0.25) is 0 Å². The van der Waals surface area contributed by atoms with Gasteiger partial charge in [-0.2, -0.15) is 0 Å². The largest absolute Gasteiger partial charge is 0.481 e. The van der Waals surface area contributed by atoms with E-state index in [4.69, 9.17) is 15.3 Å². The molecule has 0 aromatic carbocycles. The molecule has 0 aromatic heterocycles. The Kier molecular flexibility index (Phi) is 15.4. The number of carbonyl (C=O) groups excluding carboxylic acids is 2. The topological polar surface area (TPSA) is 149 Å². The Morgan fingerprint density at radius 1 is 0.875 bits per heavy atom. The molecule has 1 unspecified atom stereocenters. The van der Waals surface area contributed by atoms with Crippen LogP contribution in [0.5, 0.6) is 0 Å². The third-order valence-corrected chi connectivity index (χ3v) is 2.64. The van der Waals surface area contributed by atoms with Crippen LogP contribution in [-0.4, -0.2) is 56.6 Å². The molecular formula is C16H30O8. The van der Waals surface area contributed by atoms with Crippen molar-refractivity contribution in [1.82, 2.24) is 0 Å². The second-order valence-electron chi connectivity index (χ2n) is 6.38. The highest BCUT2D eigenvalue weighted by Crippen LogP contribution is 2.24. The number of rotatable bonds is 7. The zero-order chi connectivity index (χ0) is 20.1. The van der Waals surface area contributed by atoms with Gasteiger partial charge in [0.1, 0.15) is 24.4 Å². The molecule has 142 valence electrons. The van der Waals surface area contributed by atoms with E-state index in [9.17, 15) is 24.3 Å². The van der Waals surface area contributed by atoms with Crippen molar-refractivity contribution in [3.8, 4) is 0 Å². The van der Waals surface area contributed by atoms with Gasteiger partial charge in [0.25, 0.3) is 0 Å². The minimum atomic E-state index is -1.06. The number of aliphatic hydroxyl groups excluding tert-OH is 2. The number of ketones is 2. The van der Waals surface area contributed by atoms with E-state index in [1.807, 2.05) is 27.7 Å². The minimum absolute atomic E-state index is 0.0341. The lowest BCUT2D eigenvalue weighted by molar-refractivity contribution is -0.141. The predicted molar refractivity (Wildman–Crippen MR) is 87.6 cm³/mol. The average Bonchev–Trinajstić information content (AvgIpc) is 2.35. The van der Waals surface area contributed by atoms with Gasteiger partial charge in [0.15, 0.2) is 0 Å². The van der Waals surface area contributed by atoms with Crippen molar-refractivity contribution < 1.29 is 39.6 Å². The van der Waals surface area contributed by atoms with Gasteiger partial charge in [0.05, 0.1) is 12.7 Å². The molecule has 0 bridgehead atoms. The van der Waals surface area contributed by atoms with Gasteiger partial charge in [-0.3, -0.25) is 19.2 Å². The molecule has 1 atom stereocenters. The number of carboxylic acids is 2. The molecule has 24 heavy (non-hydrogen) atoms. The maximum Gasteiger partial charge on any atom is 0.310 e. The van der Waals surface area contributed by atoms with E-state index in [0.29, 0.717) is 0 Å². The van der Waals surface area contributed by atoms with E-state index in [1.165, 1.54) is 13.8 Å². The summed E-state index contributed by atoms with van der Waals surface area (Å²) in [6.45, 7) is 10.1. The van der Waals surface area contributed by atoms with E-state index < -0.39 is 18.0 Å². The maximum absolute atomic E-state index is 9.87. The van der Waals surface area contributed by atoms with Crippen LogP contribution >= 0.6 is 0 Å². The molecule has 8 nitrogen and oxygen atoms in total. The second kappa shape index (κ2) is 13.6. The highest BCUT2D eigenvalue weighted by molar-refractivity contribution is 5.93. The van der Waals surface area contributed by atoms with E-state index in [0.717, 1.165) is 0 Å². The van der Waals surface area contributed by atoms with Crippen LogP contribution in [-0.2, 0) is 19.2 Å². The van der Waals surface area contributed by atoms with Gasteiger partial charge in [0, 0.05) is 5.41 Å². The molecule has 0 spiro atoms. The molecule has 0 aromatic rings. The summed E-state index contributed by atoms with van der Waals surface area (Å²) in [7, 11) is 0. The number of aliphatic hydroxyl groups is 2. The number of carboxylic acid groups (broad SMARTS) is 2. The molecule has 0 saturated heterocycles. The Hall–Kier alpha value is -1.80. The van der Waals surface area contributed by atoms with Crippen LogP contribution in [0.15, 0.2) is 0 Å². The quantitative estimate of drug-likeness (QED) is 0.499. The molecule has 0 aliphatic rings. The lowest BCUT2D eigenvalue weighted by Crippen LogP contribution is -2.36. The van der Waals surface area contributed by atoms with Gasteiger partial charge in [-0.25, -0.2) is 0 Å². The first kappa shape index (κ1) is 27.1. The SMILES string of the molecule is CC(=O)CC(=O)O.CC(=O)CC(=O)O.CC(C)C(O)C(C)(C)CO. The molecule has 4 N–H and O–H groups in total. The molecule has 0 fully saturated rings. The molecule has 0 heterocycles. The van der Waals surface area contributed by atoms with Gasteiger partial charge in [-0.15, -0.1) is 0 Å². The van der Waals surface area contributed by atoms with Crippen molar-refractivity contribution >= 4 is 23.5 Å². The van der Waals surface area contributed by atoms with Gasteiger partial charge in [-0.05, 0) is 19.8 Å². The monoisotopic (exact) mass is 350 g/mol. The molecular weight excluding hydrogens is 320 g/mol. The third kappa shape index (κ3) is 20.2. The van der Waals surface area contributed by atoms with Crippen LogP contribution in [0.1, 0.15) is 54.4 Å². The number of hydrogen-bond acceptors (Lipinski definition) is 6. The third-order valence-electron chi connectivity index (χ3n) is 2.64. The lowest BCUT2D eigenvalue weighted by atomic mass is 9.82. The Morgan fingerprint density at radius 3 is 1.21 bits per heavy atom. The molecule has 0 saturated carbocycles. The Bertz CT molecular complexity index is 362. The maximum atomic E-state index is 9.87. The second-order valence-corrected chi connectivity index (χ2v) is 6.38. The fourth-order valence-corrected chi connectivity index (χ4v) is 1.42. The Morgan fingerprint density at radius 2 is 1.17 bits per heavy atom. The van der Waals surface area contributed by atoms with Crippen LogP contribution in [0.25, 0.3) is 0 Å². The summed E-state index contributed by atoms with van der Waals surface area (Å²) in [6.07, 6.45) is -1.14. The van der Waals surface area contributed by atoms with Gasteiger partial charge < -0.3 is 20.4 Å². The van der Waals surface area contributed by atoms with E-state index >= 15 is 0 Å². The van der Waals surface area contributed by atoms with Crippen LogP contribution < -0.4 is 0 Å². The van der Waals surface area contributed by atoms with E-state index in [-0.39, 0.29) is 42.3 Å². The first-order valence-electron chi connectivity index (χ1n) is 7.38. The molecule has 8 heteroatoms. The number of aliphatic carboxylic acids is 2. The van der Waals surface area contributed by atoms with Crippen LogP contribution in [0.3, 0.4) is 0 Å². The van der Waals surface area contributed by atoms with Crippen molar-refractivity contribution in [1.29, 1.82) is 0 Å². The minimum Gasteiger partial charge on any atom is -0.481 e. The van der Waals surface area contributed by atoms with Gasteiger partial charge in [0.2, 0.25) is 0 Å². The fraction of sp³-hybridized carbons (Fsp3) is 0.750. The first-order valence-corrected chi connectivity index (χ1v) is 7.38. The van der Waals surface area contributed by atoms with E-state index in [2.05, 4.69) is 0 Å². The highest BCUT2D eigenvalue weighted by atomic mass is 16.4. The fourth-order valence-electron chi connectivity index (χ4n) is 1.42. The summed E-state index contributed by atoms with van der Waals surface area (Å²) >= 11 is 0. The average molecular weight is 350 g/mol. The van der Waals surface area contributed by atoms with Crippen LogP contribution in [0, 0.1) is 11.3 Å². The number of carbonyl (C=O) groups is 4. The lowest BCUT2D eigenvalue weighted by Gasteiger charge is -2.30. The Labute approximate surface area is 142 Å². The van der Waals surface area contributed by atoms with Crippen LogP contribution in [0.4, 0.5) is 0 Å². The summed E-state index contributed by atoms with van der Waals surface area (Å²) in [5, 5.41) is 34.1. The Balaban J connectivity index is -0.000000283. The molecule has 0 amide bonds. The van der Waals surface area contributed by atoms with Gasteiger partial charge in [-0.1, -0.05) is 27.7 Å². The molecule has 0 radical (unpaired) electrons. The van der Waals surface area contributed by atoms with E-state index in [1.54, 1.807) is 0 Å². The summed E-state index contributed by atoms with van der Waals surface area (Å²) in [5.41, 5.74) is -0.367. The van der Waals surface area contributed by atoms with Gasteiger partial charge >= 0.3 is 11.9 Å². The summed E-state index contributed by atoms with van der Waals surface area (Å²) in [5.74, 6) is -2.54. The molecule has 0 rings (SSSR count). The smallest absolute Gasteiger partial charge is 0.310 e. The summed E-state index contributed by atoms with van der Waals surface area (Å²) in [6, 6.07) is 0. The zero-order valence-corrected chi connectivity index (χ0v) is 15.2. The standard InChI is InChI=1S/C8H18O2.2C4H6O3/c1-6(2)7(10)8(3,4)5-9;2*1-3(5)2-4(6)7/h6-7,9-10H,5H2,1-4H3;2*2H2,1H3,(H,6,7). The van der Waals surface area contributed by atoms with Crippen molar-refractivity contribution in [2.45, 2.75) is 60.5 Å². The van der Waals surface area contributed by atoms with Crippen molar-refractivity contribution in [3.05, 3.63) is 0 Å². The number of Topliss-reactive ketones (excluding diaryl/α,β-unsaturated/α-hetero) is 2. The number of hydrogen-bond donors (Lipinski definition) is 4. The highest BCUT2D eigenvalue weighted by Gasteiger charge is 2.28. The summed E-state index contributed by atoms with van der Waals surface area (Å²) < 4.78 is 0. The van der Waals surface area contributed by atoms with Crippen molar-refractivity contribution in [2.24, 2.45) is 11.3 Å². The predicted octanol–water partition coefficient (Wildman–Crippen LogP) is 1.12. The summed E-state index contributed by atoms with van der Waals surface area (Å²) in [4.78, 5) is 38.9. The molecule has 0 aliphatic heterocycles. The zero-order valence-electron chi connectivity index (χ0n) is 15.2. The molecule has 0 aliphatic carbocycles. The first-order chi connectivity index (χ1) is 10.7. The van der Waals surface area contributed by atoms with Crippen molar-refractivity contribution in [3.63, 3.8) is 0 Å². The normalized spacial score (nSPS) is 11.4. The van der Waals surface area contributed by atoms with Crippen molar-refractivity contribution in [2.75, 3.05) is 6.61 Å².